The molecule has 0 radical (unpaired) electrons. The highest BCUT2D eigenvalue weighted by molar-refractivity contribution is 6.31. The van der Waals surface area contributed by atoms with Crippen LogP contribution in [0, 0.1) is 0 Å². The fourth-order valence-electron chi connectivity index (χ4n) is 4.84. The molecule has 194 valence electrons. The third-order valence-electron chi connectivity index (χ3n) is 6.57. The standard InChI is InChI=1S/C24H22ClF3N6O3/c1-33-18-11-29-20(10-17(18)34(23(33)36)15-5-4-14(9-15)30-22(35)37-2)31-19-6-3-12-7-13(25)8-16(21(12)32-19)24(26,27)28/h3,6-8,10-11,14-15H,4-5,9H2,1-2H3,(H,30,35)(H,29,31,32)/t14-,15-/m1/s1. The molecule has 37 heavy (non-hydrogen) atoms. The Bertz CT molecular complexity index is 1580. The van der Waals surface area contributed by atoms with Gasteiger partial charge in [0.15, 0.2) is 0 Å². The monoisotopic (exact) mass is 534 g/mol. The molecule has 0 spiro atoms. The van der Waals surface area contributed by atoms with Crippen LogP contribution in [0.25, 0.3) is 21.9 Å². The maximum absolute atomic E-state index is 13.6. The summed E-state index contributed by atoms with van der Waals surface area (Å²) in [6.45, 7) is 0. The van der Waals surface area contributed by atoms with Gasteiger partial charge in [0.25, 0.3) is 0 Å². The van der Waals surface area contributed by atoms with Gasteiger partial charge in [0, 0.05) is 35.6 Å². The zero-order chi connectivity index (χ0) is 26.5. The molecule has 0 unspecified atom stereocenters. The molecule has 1 amide bonds. The van der Waals surface area contributed by atoms with Gasteiger partial charge in [-0.2, -0.15) is 13.2 Å². The van der Waals surface area contributed by atoms with Crippen LogP contribution in [0.1, 0.15) is 30.9 Å². The fourth-order valence-corrected chi connectivity index (χ4v) is 5.07. The summed E-state index contributed by atoms with van der Waals surface area (Å²) in [4.78, 5) is 33.2. The lowest BCUT2D eigenvalue weighted by Crippen LogP contribution is -2.33. The van der Waals surface area contributed by atoms with E-state index in [0.29, 0.717) is 36.1 Å². The highest BCUT2D eigenvalue weighted by atomic mass is 35.5. The summed E-state index contributed by atoms with van der Waals surface area (Å²) in [7, 11) is 2.94. The lowest BCUT2D eigenvalue weighted by molar-refractivity contribution is -0.136. The van der Waals surface area contributed by atoms with Crippen LogP contribution in [0.3, 0.4) is 0 Å². The third kappa shape index (κ3) is 4.68. The van der Waals surface area contributed by atoms with Crippen molar-refractivity contribution in [2.75, 3.05) is 12.4 Å². The highest BCUT2D eigenvalue weighted by Crippen LogP contribution is 2.37. The molecular formula is C24H22ClF3N6O3. The van der Waals surface area contributed by atoms with E-state index in [1.54, 1.807) is 17.7 Å². The molecule has 1 fully saturated rings. The Morgan fingerprint density at radius 1 is 1.16 bits per heavy atom. The minimum atomic E-state index is -4.63. The minimum absolute atomic E-state index is 0.0348. The van der Waals surface area contributed by atoms with Crippen molar-refractivity contribution >= 4 is 51.3 Å². The Balaban J connectivity index is 1.49. The van der Waals surface area contributed by atoms with Crippen LogP contribution in [0.4, 0.5) is 29.6 Å². The number of imidazole rings is 1. The van der Waals surface area contributed by atoms with Crippen LogP contribution in [-0.4, -0.2) is 38.3 Å². The topological polar surface area (TPSA) is 103 Å². The van der Waals surface area contributed by atoms with Gasteiger partial charge in [0.2, 0.25) is 0 Å². The number of benzene rings is 1. The Morgan fingerprint density at radius 2 is 1.95 bits per heavy atom. The van der Waals surface area contributed by atoms with E-state index in [9.17, 15) is 22.8 Å². The number of methoxy groups -OCH3 is 1. The SMILES string of the molecule is COC(=O)N[C@@H]1CC[C@@H](n2c(=O)n(C)c3cnc(Nc4ccc5cc(Cl)cc(C(F)(F)F)c5n4)cc32)C1. The zero-order valence-electron chi connectivity index (χ0n) is 19.8. The molecule has 1 saturated carbocycles. The van der Waals surface area contributed by atoms with Crippen molar-refractivity contribution in [1.82, 2.24) is 24.4 Å². The van der Waals surface area contributed by atoms with Crippen molar-refractivity contribution in [1.29, 1.82) is 0 Å². The molecule has 0 saturated heterocycles. The second kappa shape index (κ2) is 9.25. The second-order valence-electron chi connectivity index (χ2n) is 8.91. The smallest absolute Gasteiger partial charge is 0.418 e. The van der Waals surface area contributed by atoms with E-state index in [1.165, 1.54) is 36.1 Å². The van der Waals surface area contributed by atoms with E-state index < -0.39 is 17.8 Å². The second-order valence-corrected chi connectivity index (χ2v) is 9.35. The van der Waals surface area contributed by atoms with Gasteiger partial charge in [0.05, 0.1) is 35.4 Å². The van der Waals surface area contributed by atoms with Crippen molar-refractivity contribution < 1.29 is 22.7 Å². The summed E-state index contributed by atoms with van der Waals surface area (Å²) in [5.74, 6) is 0.462. The average Bonchev–Trinajstić information content (AvgIpc) is 3.39. The van der Waals surface area contributed by atoms with Crippen molar-refractivity contribution in [2.45, 2.75) is 37.5 Å². The maximum Gasteiger partial charge on any atom is 0.418 e. The molecule has 1 aliphatic carbocycles. The molecule has 0 aliphatic heterocycles. The number of amides is 1. The Labute approximate surface area is 213 Å². The van der Waals surface area contributed by atoms with Crippen LogP contribution in [-0.2, 0) is 18.0 Å². The molecule has 2 N–H and O–H groups in total. The number of fused-ring (bicyclic) bond motifs is 2. The number of nitrogens with one attached hydrogen (secondary N) is 2. The van der Waals surface area contributed by atoms with Crippen LogP contribution < -0.4 is 16.3 Å². The number of pyridine rings is 2. The number of nitrogens with zero attached hydrogens (tertiary/aromatic N) is 4. The average molecular weight is 535 g/mol. The number of alkyl halides is 3. The predicted octanol–water partition coefficient (Wildman–Crippen LogP) is 5.15. The van der Waals surface area contributed by atoms with E-state index in [2.05, 4.69) is 25.3 Å². The number of anilines is 2. The van der Waals surface area contributed by atoms with Crippen LogP contribution in [0.15, 0.2) is 41.3 Å². The van der Waals surface area contributed by atoms with Gasteiger partial charge < -0.3 is 15.4 Å². The number of carbonyl (C=O) groups is 1. The number of hydrogen-bond acceptors (Lipinski definition) is 6. The van der Waals surface area contributed by atoms with E-state index in [1.807, 2.05) is 0 Å². The molecule has 4 aromatic rings. The number of carbonyl (C=O) groups excluding carboxylic acids is 1. The summed E-state index contributed by atoms with van der Waals surface area (Å²) >= 11 is 5.87. The molecular weight excluding hydrogens is 513 g/mol. The molecule has 2 atom stereocenters. The van der Waals surface area contributed by atoms with Crippen molar-refractivity contribution in [3.63, 3.8) is 0 Å². The third-order valence-corrected chi connectivity index (χ3v) is 6.79. The number of rotatable bonds is 4. The summed E-state index contributed by atoms with van der Waals surface area (Å²) < 4.78 is 48.6. The van der Waals surface area contributed by atoms with E-state index >= 15 is 0 Å². The number of aromatic nitrogens is 4. The first-order valence-electron chi connectivity index (χ1n) is 11.4. The molecule has 9 nitrogen and oxygen atoms in total. The Hall–Kier alpha value is -3.80. The maximum atomic E-state index is 13.6. The van der Waals surface area contributed by atoms with E-state index in [0.717, 1.165) is 6.07 Å². The van der Waals surface area contributed by atoms with Gasteiger partial charge in [0.1, 0.15) is 11.6 Å². The number of hydrogen-bond donors (Lipinski definition) is 2. The number of aryl methyl sites for hydroxylation is 1. The van der Waals surface area contributed by atoms with Gasteiger partial charge in [-0.15, -0.1) is 0 Å². The van der Waals surface area contributed by atoms with Gasteiger partial charge in [-0.05, 0) is 43.5 Å². The molecule has 3 aromatic heterocycles. The van der Waals surface area contributed by atoms with E-state index in [4.69, 9.17) is 11.6 Å². The molecule has 1 aromatic carbocycles. The summed E-state index contributed by atoms with van der Waals surface area (Å²) in [6.07, 6.45) is -1.72. The highest BCUT2D eigenvalue weighted by Gasteiger charge is 2.34. The van der Waals surface area contributed by atoms with Gasteiger partial charge in [-0.25, -0.2) is 19.6 Å². The molecule has 3 heterocycles. The normalized spacial score (nSPS) is 17.9. The van der Waals surface area contributed by atoms with Gasteiger partial charge in [-0.1, -0.05) is 11.6 Å². The van der Waals surface area contributed by atoms with Crippen molar-refractivity contribution in [3.05, 3.63) is 57.6 Å². The summed E-state index contributed by atoms with van der Waals surface area (Å²) in [5, 5.41) is 5.94. The van der Waals surface area contributed by atoms with Crippen LogP contribution in [0.5, 0.6) is 0 Å². The van der Waals surface area contributed by atoms with Crippen LogP contribution in [0.2, 0.25) is 5.02 Å². The van der Waals surface area contributed by atoms with Crippen molar-refractivity contribution in [3.8, 4) is 0 Å². The quantitative estimate of drug-likeness (QED) is 0.375. The molecule has 1 aliphatic rings. The largest absolute Gasteiger partial charge is 0.453 e. The predicted molar refractivity (Wildman–Crippen MR) is 132 cm³/mol. The summed E-state index contributed by atoms with van der Waals surface area (Å²) in [5.41, 5.74) is -0.198. The first-order chi connectivity index (χ1) is 17.5. The number of halogens is 4. The zero-order valence-corrected chi connectivity index (χ0v) is 20.5. The molecule has 13 heteroatoms. The van der Waals surface area contributed by atoms with Gasteiger partial charge >= 0.3 is 18.0 Å². The summed E-state index contributed by atoms with van der Waals surface area (Å²) in [6, 6.07) is 6.66. The lowest BCUT2D eigenvalue weighted by atomic mass is 10.1. The van der Waals surface area contributed by atoms with E-state index in [-0.39, 0.29) is 39.5 Å². The fraction of sp³-hybridized carbons (Fsp3) is 0.333. The lowest BCUT2D eigenvalue weighted by Gasteiger charge is -2.14. The van der Waals surface area contributed by atoms with Gasteiger partial charge in [-0.3, -0.25) is 9.13 Å². The Morgan fingerprint density at radius 3 is 2.68 bits per heavy atom. The van der Waals surface area contributed by atoms with Crippen molar-refractivity contribution in [2.24, 2.45) is 7.05 Å². The molecule has 0 bridgehead atoms. The Kier molecular flexibility index (Phi) is 6.22. The first-order valence-corrected chi connectivity index (χ1v) is 11.8. The minimum Gasteiger partial charge on any atom is -0.453 e. The first kappa shape index (κ1) is 24.9. The molecule has 5 rings (SSSR count). The number of alkyl carbamates (subject to hydrolysis) is 1. The van der Waals surface area contributed by atoms with Crippen LogP contribution >= 0.6 is 11.6 Å². The number of ether oxygens (including phenoxy) is 1.